The first-order valence-electron chi connectivity index (χ1n) is 9.72. The van der Waals surface area contributed by atoms with Crippen molar-refractivity contribution in [1.82, 2.24) is 0 Å². The van der Waals surface area contributed by atoms with E-state index in [0.29, 0.717) is 0 Å². The largest absolute Gasteiger partial charge is 0.130 e. The summed E-state index contributed by atoms with van der Waals surface area (Å²) in [5, 5.41) is 0. The van der Waals surface area contributed by atoms with E-state index in [-0.39, 0.29) is 0 Å². The third kappa shape index (κ3) is 6.00. The first-order valence-corrected chi connectivity index (χ1v) is 10.7. The zero-order valence-electron chi connectivity index (χ0n) is 15.0. The Kier molecular flexibility index (Phi) is 10.6. The lowest BCUT2D eigenvalue weighted by atomic mass is 9.84. The van der Waals surface area contributed by atoms with E-state index >= 15 is 0 Å². The van der Waals surface area contributed by atoms with Crippen molar-refractivity contribution in [2.75, 3.05) is 5.75 Å². The van der Waals surface area contributed by atoms with E-state index in [2.05, 4.69) is 25.6 Å². The maximum atomic E-state index is 2.37. The van der Waals surface area contributed by atoms with Crippen molar-refractivity contribution in [3.8, 4) is 0 Å². The summed E-state index contributed by atoms with van der Waals surface area (Å²) in [4.78, 5) is 1.87. The fraction of sp³-hybridized carbons (Fsp3) is 0.900. The normalized spacial score (nSPS) is 26.9. The SMILES string of the molecule is CC.CCCC1CCCCCC(CCC)C2=C1CCCS2. The molecule has 2 aliphatic rings. The first kappa shape index (κ1) is 19.1. The lowest BCUT2D eigenvalue weighted by molar-refractivity contribution is 0.466. The quantitative estimate of drug-likeness (QED) is 0.515. The fourth-order valence-corrected chi connectivity index (χ4v) is 5.43. The van der Waals surface area contributed by atoms with Gasteiger partial charge in [-0.05, 0) is 61.0 Å². The first-order chi connectivity index (χ1) is 10.4. The van der Waals surface area contributed by atoms with Crippen molar-refractivity contribution < 1.29 is 0 Å². The predicted molar refractivity (Wildman–Crippen MR) is 99.9 cm³/mol. The third-order valence-corrected chi connectivity index (χ3v) is 6.31. The monoisotopic (exact) mass is 310 g/mol. The summed E-state index contributed by atoms with van der Waals surface area (Å²) in [6, 6.07) is 0. The average molecular weight is 311 g/mol. The van der Waals surface area contributed by atoms with Crippen molar-refractivity contribution in [2.45, 2.75) is 98.3 Å². The van der Waals surface area contributed by atoms with E-state index in [1.54, 1.807) is 0 Å². The highest BCUT2D eigenvalue weighted by molar-refractivity contribution is 8.03. The maximum Gasteiger partial charge on any atom is -0.00201 e. The van der Waals surface area contributed by atoms with Gasteiger partial charge in [0.25, 0.3) is 0 Å². The highest BCUT2D eigenvalue weighted by atomic mass is 32.2. The van der Waals surface area contributed by atoms with Crippen LogP contribution in [-0.4, -0.2) is 5.75 Å². The summed E-state index contributed by atoms with van der Waals surface area (Å²) in [6.07, 6.45) is 15.8. The Morgan fingerprint density at radius 1 is 0.857 bits per heavy atom. The molecule has 0 aromatic rings. The van der Waals surface area contributed by atoms with Crippen LogP contribution >= 0.6 is 11.8 Å². The zero-order valence-corrected chi connectivity index (χ0v) is 15.9. The van der Waals surface area contributed by atoms with E-state index in [1.807, 2.05) is 24.3 Å². The molecule has 0 bridgehead atoms. The molecule has 0 saturated heterocycles. The molecule has 0 nitrogen and oxygen atoms in total. The lowest BCUT2D eigenvalue weighted by Gasteiger charge is -2.30. The minimum Gasteiger partial charge on any atom is -0.130 e. The summed E-state index contributed by atoms with van der Waals surface area (Å²) < 4.78 is 0. The van der Waals surface area contributed by atoms with E-state index < -0.39 is 0 Å². The topological polar surface area (TPSA) is 0 Å². The standard InChI is InChI=1S/C18H32S.C2H6/c1-3-9-15-11-6-5-7-12-16(10-4-2)18-17(15)13-8-14-19-18;1-2/h15-16H,3-14H2,1-2H3;1-2H3. The van der Waals surface area contributed by atoms with Gasteiger partial charge in [-0.15, -0.1) is 11.8 Å². The molecule has 2 atom stereocenters. The van der Waals surface area contributed by atoms with Crippen molar-refractivity contribution in [2.24, 2.45) is 11.8 Å². The van der Waals surface area contributed by atoms with Crippen molar-refractivity contribution in [3.05, 3.63) is 10.5 Å². The van der Waals surface area contributed by atoms with Gasteiger partial charge in [0.15, 0.2) is 0 Å². The molecule has 0 saturated carbocycles. The number of allylic oxidation sites excluding steroid dienone is 2. The molecule has 0 radical (unpaired) electrons. The Bertz CT molecular complexity index is 264. The molecule has 0 fully saturated rings. The van der Waals surface area contributed by atoms with Crippen LogP contribution < -0.4 is 0 Å². The molecular weight excluding hydrogens is 272 g/mol. The molecule has 1 aliphatic carbocycles. The summed E-state index contributed by atoms with van der Waals surface area (Å²) in [7, 11) is 0. The Labute approximate surface area is 138 Å². The minimum absolute atomic E-state index is 0.919. The van der Waals surface area contributed by atoms with Crippen molar-refractivity contribution >= 4 is 11.8 Å². The van der Waals surface area contributed by atoms with Gasteiger partial charge in [-0.25, -0.2) is 0 Å². The van der Waals surface area contributed by atoms with Crippen molar-refractivity contribution in [3.63, 3.8) is 0 Å². The molecule has 1 aliphatic heterocycles. The Morgan fingerprint density at radius 2 is 1.48 bits per heavy atom. The van der Waals surface area contributed by atoms with Gasteiger partial charge >= 0.3 is 0 Å². The lowest BCUT2D eigenvalue weighted by Crippen LogP contribution is -2.14. The van der Waals surface area contributed by atoms with Crippen LogP contribution in [0.15, 0.2) is 10.5 Å². The van der Waals surface area contributed by atoms with Crippen LogP contribution in [0.4, 0.5) is 0 Å². The molecule has 0 amide bonds. The summed E-state index contributed by atoms with van der Waals surface area (Å²) in [5.74, 6) is 3.24. The highest BCUT2D eigenvalue weighted by Gasteiger charge is 2.26. The van der Waals surface area contributed by atoms with Crippen LogP contribution in [0, 0.1) is 11.8 Å². The van der Waals surface area contributed by atoms with Crippen LogP contribution in [-0.2, 0) is 0 Å². The Hall–Kier alpha value is 0.0900. The third-order valence-electron chi connectivity index (χ3n) is 4.91. The zero-order chi connectivity index (χ0) is 15.5. The molecule has 124 valence electrons. The van der Waals surface area contributed by atoms with E-state index in [1.165, 1.54) is 76.4 Å². The highest BCUT2D eigenvalue weighted by Crippen LogP contribution is 2.45. The van der Waals surface area contributed by atoms with Gasteiger partial charge in [-0.2, -0.15) is 0 Å². The number of thioether (sulfide) groups is 1. The molecule has 2 unspecified atom stereocenters. The van der Waals surface area contributed by atoms with Gasteiger partial charge in [0, 0.05) is 0 Å². The number of hydrogen-bond donors (Lipinski definition) is 0. The fourth-order valence-electron chi connectivity index (χ4n) is 4.00. The summed E-state index contributed by atoms with van der Waals surface area (Å²) >= 11 is 2.24. The van der Waals surface area contributed by atoms with Gasteiger partial charge in [0.05, 0.1) is 0 Å². The van der Waals surface area contributed by atoms with Gasteiger partial charge in [-0.3, -0.25) is 0 Å². The Balaban J connectivity index is 0.00000106. The summed E-state index contributed by atoms with van der Waals surface area (Å²) in [5.41, 5.74) is 1.92. The molecule has 0 aromatic carbocycles. The molecule has 1 heterocycles. The maximum absolute atomic E-state index is 2.37. The van der Waals surface area contributed by atoms with E-state index in [0.717, 1.165) is 11.8 Å². The Morgan fingerprint density at radius 3 is 2.14 bits per heavy atom. The second-order valence-electron chi connectivity index (χ2n) is 6.45. The predicted octanol–water partition coefficient (Wildman–Crippen LogP) is 7.59. The molecule has 1 heteroatoms. The molecule has 21 heavy (non-hydrogen) atoms. The van der Waals surface area contributed by atoms with E-state index in [4.69, 9.17) is 0 Å². The summed E-state index contributed by atoms with van der Waals surface area (Å²) in [6.45, 7) is 8.73. The van der Waals surface area contributed by atoms with Crippen LogP contribution in [0.25, 0.3) is 0 Å². The molecular formula is C20H38S. The minimum atomic E-state index is 0.919. The van der Waals surface area contributed by atoms with Gasteiger partial charge in [0.2, 0.25) is 0 Å². The molecule has 2 rings (SSSR count). The van der Waals surface area contributed by atoms with Crippen molar-refractivity contribution in [1.29, 1.82) is 0 Å². The second kappa shape index (κ2) is 11.6. The van der Waals surface area contributed by atoms with Crippen LogP contribution in [0.2, 0.25) is 0 Å². The molecule has 0 spiro atoms. The van der Waals surface area contributed by atoms with Gasteiger partial charge in [-0.1, -0.05) is 65.4 Å². The average Bonchev–Trinajstić information content (AvgIpc) is 2.61. The smallest absolute Gasteiger partial charge is 0.00201 e. The molecule has 0 N–H and O–H groups in total. The molecule has 0 aromatic heterocycles. The number of rotatable bonds is 4. The van der Waals surface area contributed by atoms with Crippen LogP contribution in [0.1, 0.15) is 98.3 Å². The second-order valence-corrected chi connectivity index (χ2v) is 7.59. The number of hydrogen-bond acceptors (Lipinski definition) is 1. The van der Waals surface area contributed by atoms with Crippen LogP contribution in [0.3, 0.4) is 0 Å². The van der Waals surface area contributed by atoms with E-state index in [9.17, 15) is 0 Å². The van der Waals surface area contributed by atoms with Gasteiger partial charge < -0.3 is 0 Å². The van der Waals surface area contributed by atoms with Gasteiger partial charge in [0.1, 0.15) is 0 Å². The van der Waals surface area contributed by atoms with Crippen LogP contribution in [0.5, 0.6) is 0 Å².